The van der Waals surface area contributed by atoms with Crippen molar-refractivity contribution in [2.24, 2.45) is 0 Å². The van der Waals surface area contributed by atoms with Crippen molar-refractivity contribution < 1.29 is 4.79 Å². The molecule has 1 aliphatic rings. The number of fused-ring (bicyclic) bond motifs is 1. The molecule has 0 bridgehead atoms. The maximum atomic E-state index is 12.0. The number of benzene rings is 1. The van der Waals surface area contributed by atoms with E-state index in [2.05, 4.69) is 5.32 Å². The van der Waals surface area contributed by atoms with Gasteiger partial charge in [0.15, 0.2) is 0 Å². The summed E-state index contributed by atoms with van der Waals surface area (Å²) in [6, 6.07) is 5.26. The Bertz CT molecular complexity index is 429. The van der Waals surface area contributed by atoms with Gasteiger partial charge >= 0.3 is 0 Å². The molecule has 1 aromatic carbocycles. The number of halogens is 1. The molecule has 15 heavy (non-hydrogen) atoms. The minimum absolute atomic E-state index is 0.0189. The number of amides is 1. The first-order valence-electron chi connectivity index (χ1n) is 4.78. The van der Waals surface area contributed by atoms with Crippen LogP contribution >= 0.6 is 11.6 Å². The molecule has 1 N–H and O–H groups in total. The smallest absolute Gasteiger partial charge is 0.257 e. The third-order valence-electron chi connectivity index (χ3n) is 2.80. The Morgan fingerprint density at radius 3 is 2.73 bits per heavy atom. The molecule has 0 aliphatic carbocycles. The van der Waals surface area contributed by atoms with Crippen LogP contribution < -0.4 is 5.32 Å². The summed E-state index contributed by atoms with van der Waals surface area (Å²) in [4.78, 5) is 13.7. The van der Waals surface area contributed by atoms with Crippen LogP contribution in [0.25, 0.3) is 0 Å². The van der Waals surface area contributed by atoms with Gasteiger partial charge in [-0.05, 0) is 32.0 Å². The number of carbonyl (C=O) groups is 1. The quantitative estimate of drug-likeness (QED) is 0.735. The maximum Gasteiger partial charge on any atom is 0.257 e. The van der Waals surface area contributed by atoms with Crippen LogP contribution in [0.3, 0.4) is 0 Å². The van der Waals surface area contributed by atoms with Gasteiger partial charge in [-0.25, -0.2) is 0 Å². The summed E-state index contributed by atoms with van der Waals surface area (Å²) in [5.41, 5.74) is 1.09. The minimum Gasteiger partial charge on any atom is -0.362 e. The molecule has 3 nitrogen and oxygen atoms in total. The Hall–Kier alpha value is -1.22. The first kappa shape index (κ1) is 10.3. The molecule has 0 spiro atoms. The Labute approximate surface area is 94.0 Å². The minimum atomic E-state index is -0.380. The third-order valence-corrected chi connectivity index (χ3v) is 3.03. The fraction of sp³-hybridized carbons (Fsp3) is 0.364. The SMILES string of the molecule is CN1C(=O)c2ccc(Cl)cc2NC1(C)C. The number of hydrogen-bond acceptors (Lipinski definition) is 2. The highest BCUT2D eigenvalue weighted by Gasteiger charge is 2.34. The van der Waals surface area contributed by atoms with E-state index in [0.717, 1.165) is 5.69 Å². The van der Waals surface area contributed by atoms with Gasteiger partial charge in [0, 0.05) is 12.1 Å². The first-order valence-corrected chi connectivity index (χ1v) is 5.15. The lowest BCUT2D eigenvalue weighted by molar-refractivity contribution is 0.0648. The second-order valence-corrected chi connectivity index (χ2v) is 4.67. The number of carbonyl (C=O) groups excluding carboxylic acids is 1. The van der Waals surface area contributed by atoms with Gasteiger partial charge in [0.1, 0.15) is 5.66 Å². The molecule has 0 radical (unpaired) electrons. The molecule has 2 rings (SSSR count). The maximum absolute atomic E-state index is 12.0. The summed E-state index contributed by atoms with van der Waals surface area (Å²) < 4.78 is 0. The van der Waals surface area contributed by atoms with E-state index in [4.69, 9.17) is 11.6 Å². The van der Waals surface area contributed by atoms with Gasteiger partial charge in [-0.15, -0.1) is 0 Å². The van der Waals surface area contributed by atoms with Crippen molar-refractivity contribution in [1.82, 2.24) is 4.90 Å². The summed E-state index contributed by atoms with van der Waals surface area (Å²) in [5.74, 6) is 0.0189. The Kier molecular flexibility index (Phi) is 2.15. The summed E-state index contributed by atoms with van der Waals surface area (Å²) in [5, 5.41) is 3.91. The molecular weight excluding hydrogens is 212 g/mol. The predicted octanol–water partition coefficient (Wildman–Crippen LogP) is 2.57. The standard InChI is InChI=1S/C11H13ClN2O/c1-11(2)13-9-6-7(12)4-5-8(9)10(15)14(11)3/h4-6,13H,1-3H3. The van der Waals surface area contributed by atoms with Crippen LogP contribution in [0.5, 0.6) is 0 Å². The Morgan fingerprint density at radius 1 is 1.40 bits per heavy atom. The van der Waals surface area contributed by atoms with Crippen molar-refractivity contribution >= 4 is 23.2 Å². The van der Waals surface area contributed by atoms with Crippen molar-refractivity contribution in [3.63, 3.8) is 0 Å². The van der Waals surface area contributed by atoms with E-state index >= 15 is 0 Å². The molecular formula is C11H13ClN2O. The molecule has 1 amide bonds. The second kappa shape index (κ2) is 3.14. The number of hydrogen-bond donors (Lipinski definition) is 1. The van der Waals surface area contributed by atoms with Gasteiger partial charge in [-0.2, -0.15) is 0 Å². The van der Waals surface area contributed by atoms with Crippen molar-refractivity contribution in [3.05, 3.63) is 28.8 Å². The van der Waals surface area contributed by atoms with E-state index in [1.165, 1.54) is 0 Å². The zero-order chi connectivity index (χ0) is 11.2. The van der Waals surface area contributed by atoms with E-state index in [1.54, 1.807) is 30.1 Å². The molecule has 0 fully saturated rings. The normalized spacial score (nSPS) is 18.4. The van der Waals surface area contributed by atoms with E-state index in [1.807, 2.05) is 13.8 Å². The lowest BCUT2D eigenvalue weighted by atomic mass is 10.0. The molecule has 1 aliphatic heterocycles. The monoisotopic (exact) mass is 224 g/mol. The summed E-state index contributed by atoms with van der Waals surface area (Å²) in [6.45, 7) is 3.91. The molecule has 1 aromatic rings. The van der Waals surface area contributed by atoms with Crippen molar-refractivity contribution in [2.75, 3.05) is 12.4 Å². The Balaban J connectivity index is 2.55. The van der Waals surface area contributed by atoms with Gasteiger partial charge in [-0.1, -0.05) is 11.6 Å². The molecule has 0 saturated heterocycles. The van der Waals surface area contributed by atoms with Crippen LogP contribution in [0.4, 0.5) is 5.69 Å². The summed E-state index contributed by atoms with van der Waals surface area (Å²) in [7, 11) is 1.78. The lowest BCUT2D eigenvalue weighted by Crippen LogP contribution is -2.54. The largest absolute Gasteiger partial charge is 0.362 e. The van der Waals surface area contributed by atoms with Gasteiger partial charge in [0.05, 0.1) is 11.3 Å². The van der Waals surface area contributed by atoms with Crippen LogP contribution in [0.2, 0.25) is 5.02 Å². The van der Waals surface area contributed by atoms with Crippen LogP contribution in [-0.4, -0.2) is 23.5 Å². The van der Waals surface area contributed by atoms with Gasteiger partial charge < -0.3 is 10.2 Å². The Morgan fingerprint density at radius 2 is 2.07 bits per heavy atom. The van der Waals surface area contributed by atoms with E-state index in [0.29, 0.717) is 10.6 Å². The van der Waals surface area contributed by atoms with Crippen LogP contribution in [0.15, 0.2) is 18.2 Å². The zero-order valence-electron chi connectivity index (χ0n) is 8.97. The van der Waals surface area contributed by atoms with E-state index < -0.39 is 0 Å². The summed E-state index contributed by atoms with van der Waals surface area (Å²) >= 11 is 5.89. The fourth-order valence-electron chi connectivity index (χ4n) is 1.65. The topological polar surface area (TPSA) is 32.3 Å². The predicted molar refractivity (Wildman–Crippen MR) is 61.2 cm³/mol. The van der Waals surface area contributed by atoms with Crippen LogP contribution in [-0.2, 0) is 0 Å². The fourth-order valence-corrected chi connectivity index (χ4v) is 1.83. The second-order valence-electron chi connectivity index (χ2n) is 4.24. The van der Waals surface area contributed by atoms with Gasteiger partial charge in [-0.3, -0.25) is 4.79 Å². The first-order chi connectivity index (χ1) is 6.92. The lowest BCUT2D eigenvalue weighted by Gasteiger charge is -2.41. The average molecular weight is 225 g/mol. The molecule has 0 atom stereocenters. The highest BCUT2D eigenvalue weighted by Crippen LogP contribution is 2.31. The molecule has 0 unspecified atom stereocenters. The van der Waals surface area contributed by atoms with Gasteiger partial charge in [0.2, 0.25) is 0 Å². The van der Waals surface area contributed by atoms with Crippen LogP contribution in [0, 0.1) is 0 Å². The number of anilines is 1. The van der Waals surface area contributed by atoms with Crippen molar-refractivity contribution in [3.8, 4) is 0 Å². The third kappa shape index (κ3) is 1.57. The molecule has 0 aromatic heterocycles. The van der Waals surface area contributed by atoms with Gasteiger partial charge in [0.25, 0.3) is 5.91 Å². The molecule has 0 saturated carbocycles. The highest BCUT2D eigenvalue weighted by molar-refractivity contribution is 6.31. The number of nitrogens with one attached hydrogen (secondary N) is 1. The van der Waals surface area contributed by atoms with E-state index in [9.17, 15) is 4.79 Å². The number of nitrogens with zero attached hydrogens (tertiary/aromatic N) is 1. The van der Waals surface area contributed by atoms with Crippen molar-refractivity contribution in [2.45, 2.75) is 19.5 Å². The van der Waals surface area contributed by atoms with Crippen LogP contribution in [0.1, 0.15) is 24.2 Å². The zero-order valence-corrected chi connectivity index (χ0v) is 9.72. The average Bonchev–Trinajstić information content (AvgIpc) is 2.13. The van der Waals surface area contributed by atoms with E-state index in [-0.39, 0.29) is 11.6 Å². The number of rotatable bonds is 0. The molecule has 4 heteroatoms. The molecule has 80 valence electrons. The van der Waals surface area contributed by atoms with Crippen molar-refractivity contribution in [1.29, 1.82) is 0 Å². The summed E-state index contributed by atoms with van der Waals surface area (Å²) in [6.07, 6.45) is 0. The highest BCUT2D eigenvalue weighted by atomic mass is 35.5. The molecule has 1 heterocycles.